The van der Waals surface area contributed by atoms with Crippen LogP contribution in [0.2, 0.25) is 5.02 Å². The van der Waals surface area contributed by atoms with Crippen molar-refractivity contribution in [2.24, 2.45) is 0 Å². The second kappa shape index (κ2) is 7.11. The van der Waals surface area contributed by atoms with Crippen molar-refractivity contribution in [3.05, 3.63) is 58.4 Å². The quantitative estimate of drug-likeness (QED) is 0.839. The molecule has 0 unspecified atom stereocenters. The molecule has 0 fully saturated rings. The van der Waals surface area contributed by atoms with E-state index in [9.17, 15) is 19.1 Å². The van der Waals surface area contributed by atoms with Gasteiger partial charge in [0.15, 0.2) is 6.61 Å². The van der Waals surface area contributed by atoms with E-state index >= 15 is 0 Å². The first-order chi connectivity index (χ1) is 10.9. The van der Waals surface area contributed by atoms with Crippen LogP contribution in [0.25, 0.3) is 0 Å². The van der Waals surface area contributed by atoms with Crippen LogP contribution >= 0.6 is 11.6 Å². The van der Waals surface area contributed by atoms with Crippen molar-refractivity contribution in [2.45, 2.75) is 6.92 Å². The molecular formula is C16H13ClFNO4. The third kappa shape index (κ3) is 4.20. The lowest BCUT2D eigenvalue weighted by Gasteiger charge is -2.09. The highest BCUT2D eigenvalue weighted by atomic mass is 35.5. The van der Waals surface area contributed by atoms with Gasteiger partial charge in [-0.1, -0.05) is 23.7 Å². The first kappa shape index (κ1) is 16.8. The molecule has 0 bridgehead atoms. The van der Waals surface area contributed by atoms with Crippen molar-refractivity contribution in [3.63, 3.8) is 0 Å². The predicted molar refractivity (Wildman–Crippen MR) is 83.2 cm³/mol. The van der Waals surface area contributed by atoms with Crippen LogP contribution in [0.1, 0.15) is 15.9 Å². The summed E-state index contributed by atoms with van der Waals surface area (Å²) in [6.45, 7) is 1.01. The lowest BCUT2D eigenvalue weighted by Crippen LogP contribution is -2.21. The van der Waals surface area contributed by atoms with E-state index in [4.69, 9.17) is 16.3 Å². The second-order valence-corrected chi connectivity index (χ2v) is 5.16. The number of phenolic OH excluding ortho intramolecular Hbond substituents is 1. The fourth-order valence-electron chi connectivity index (χ4n) is 1.81. The van der Waals surface area contributed by atoms with Gasteiger partial charge in [-0.15, -0.1) is 0 Å². The number of anilines is 1. The molecule has 2 rings (SSSR count). The Morgan fingerprint density at radius 2 is 2.04 bits per heavy atom. The van der Waals surface area contributed by atoms with Crippen molar-refractivity contribution in [1.82, 2.24) is 0 Å². The zero-order chi connectivity index (χ0) is 17.0. The molecule has 0 saturated heterocycles. The summed E-state index contributed by atoms with van der Waals surface area (Å²) in [4.78, 5) is 23.5. The average Bonchev–Trinajstić information content (AvgIpc) is 2.50. The Kier molecular flexibility index (Phi) is 5.18. The molecule has 23 heavy (non-hydrogen) atoms. The van der Waals surface area contributed by atoms with E-state index in [-0.39, 0.29) is 22.0 Å². The number of para-hydroxylation sites is 1. The number of nitrogens with one attached hydrogen (secondary N) is 1. The number of carbonyl (C=O) groups excluding carboxylic acids is 2. The zero-order valence-electron chi connectivity index (χ0n) is 12.1. The maximum Gasteiger partial charge on any atom is 0.342 e. The van der Waals surface area contributed by atoms with E-state index in [1.165, 1.54) is 18.2 Å². The fraction of sp³-hybridized carbons (Fsp3) is 0.125. The number of benzene rings is 2. The zero-order valence-corrected chi connectivity index (χ0v) is 12.9. The topological polar surface area (TPSA) is 75.6 Å². The van der Waals surface area contributed by atoms with Crippen molar-refractivity contribution < 1.29 is 23.8 Å². The van der Waals surface area contributed by atoms with Crippen molar-refractivity contribution in [2.75, 3.05) is 11.9 Å². The lowest BCUT2D eigenvalue weighted by atomic mass is 10.1. The molecule has 0 atom stereocenters. The molecule has 5 nitrogen and oxygen atoms in total. The summed E-state index contributed by atoms with van der Waals surface area (Å²) >= 11 is 5.61. The summed E-state index contributed by atoms with van der Waals surface area (Å²) in [5.74, 6) is -2.47. The average molecular weight is 338 g/mol. The number of amides is 1. The molecule has 0 radical (unpaired) electrons. The van der Waals surface area contributed by atoms with Gasteiger partial charge >= 0.3 is 5.97 Å². The van der Waals surface area contributed by atoms with Gasteiger partial charge in [-0.25, -0.2) is 9.18 Å². The molecule has 2 N–H and O–H groups in total. The Hall–Kier alpha value is -2.60. The SMILES string of the molecule is Cc1cccc(C(=O)OCC(=O)Nc2ccc(Cl)cc2F)c1O. The minimum atomic E-state index is -0.849. The van der Waals surface area contributed by atoms with Crippen LogP contribution in [0.4, 0.5) is 10.1 Å². The number of aryl methyl sites for hydroxylation is 1. The molecule has 0 aliphatic rings. The molecule has 0 aromatic heterocycles. The molecule has 2 aromatic rings. The first-order valence-corrected chi connectivity index (χ1v) is 6.97. The Labute approximate surface area is 136 Å². The third-order valence-corrected chi connectivity index (χ3v) is 3.23. The highest BCUT2D eigenvalue weighted by Gasteiger charge is 2.16. The van der Waals surface area contributed by atoms with Gasteiger partial charge in [0.2, 0.25) is 0 Å². The number of phenols is 1. The van der Waals surface area contributed by atoms with Crippen molar-refractivity contribution in [1.29, 1.82) is 0 Å². The normalized spacial score (nSPS) is 10.2. The Balaban J connectivity index is 1.96. The number of hydrogen-bond acceptors (Lipinski definition) is 4. The summed E-state index contributed by atoms with van der Waals surface area (Å²) in [5, 5.41) is 12.2. The number of aromatic hydroxyl groups is 1. The number of hydrogen-bond donors (Lipinski definition) is 2. The summed E-state index contributed by atoms with van der Waals surface area (Å²) in [6, 6.07) is 8.34. The molecule has 7 heteroatoms. The maximum atomic E-state index is 13.5. The number of rotatable bonds is 4. The monoisotopic (exact) mass is 337 g/mol. The van der Waals surface area contributed by atoms with Crippen LogP contribution in [-0.4, -0.2) is 23.6 Å². The smallest absolute Gasteiger partial charge is 0.342 e. The fourth-order valence-corrected chi connectivity index (χ4v) is 1.97. The molecule has 0 spiro atoms. The summed E-state index contributed by atoms with van der Waals surface area (Å²) in [7, 11) is 0. The minimum Gasteiger partial charge on any atom is -0.507 e. The molecule has 0 aliphatic carbocycles. The number of esters is 1. The highest BCUT2D eigenvalue weighted by molar-refractivity contribution is 6.30. The van der Waals surface area contributed by atoms with Gasteiger partial charge in [0.25, 0.3) is 5.91 Å². The number of carbonyl (C=O) groups is 2. The van der Waals surface area contributed by atoms with Gasteiger partial charge in [-0.05, 0) is 36.8 Å². The van der Waals surface area contributed by atoms with Crippen molar-refractivity contribution in [3.8, 4) is 5.75 Å². The molecule has 0 saturated carbocycles. The van der Waals surface area contributed by atoms with Crippen LogP contribution in [0, 0.1) is 12.7 Å². The molecule has 120 valence electrons. The summed E-state index contributed by atoms with van der Waals surface area (Å²) in [6.07, 6.45) is 0. The molecule has 2 aromatic carbocycles. The van der Waals surface area contributed by atoms with Crippen molar-refractivity contribution >= 4 is 29.2 Å². The van der Waals surface area contributed by atoms with Gasteiger partial charge in [0, 0.05) is 5.02 Å². The van der Waals surface area contributed by atoms with Gasteiger partial charge < -0.3 is 15.2 Å². The van der Waals surface area contributed by atoms with Crippen LogP contribution in [0.15, 0.2) is 36.4 Å². The first-order valence-electron chi connectivity index (χ1n) is 6.59. The molecule has 1 amide bonds. The van der Waals surface area contributed by atoms with Crippen LogP contribution in [0.5, 0.6) is 5.75 Å². The summed E-state index contributed by atoms with van der Waals surface area (Å²) < 4.78 is 18.3. The lowest BCUT2D eigenvalue weighted by molar-refractivity contribution is -0.119. The van der Waals surface area contributed by atoms with E-state index in [2.05, 4.69) is 5.32 Å². The highest BCUT2D eigenvalue weighted by Crippen LogP contribution is 2.22. The molecule has 0 aliphatic heterocycles. The summed E-state index contributed by atoms with van der Waals surface area (Å²) in [5.41, 5.74) is 0.386. The van der Waals surface area contributed by atoms with Gasteiger partial charge in [-0.3, -0.25) is 4.79 Å². The predicted octanol–water partition coefficient (Wildman–Crippen LogP) is 3.29. The molecular weight excluding hydrogens is 325 g/mol. The molecule has 0 heterocycles. The van der Waals surface area contributed by atoms with Gasteiger partial charge in [0.1, 0.15) is 17.1 Å². The Morgan fingerprint density at radius 1 is 1.30 bits per heavy atom. The maximum absolute atomic E-state index is 13.5. The van der Waals surface area contributed by atoms with E-state index < -0.39 is 24.3 Å². The van der Waals surface area contributed by atoms with Gasteiger partial charge in [0.05, 0.1) is 5.69 Å². The van der Waals surface area contributed by atoms with E-state index in [0.29, 0.717) is 5.56 Å². The largest absolute Gasteiger partial charge is 0.507 e. The van der Waals surface area contributed by atoms with Crippen LogP contribution in [0.3, 0.4) is 0 Å². The van der Waals surface area contributed by atoms with E-state index in [1.54, 1.807) is 19.1 Å². The van der Waals surface area contributed by atoms with Crippen LogP contribution < -0.4 is 5.32 Å². The third-order valence-electron chi connectivity index (χ3n) is 3.00. The second-order valence-electron chi connectivity index (χ2n) is 4.72. The van der Waals surface area contributed by atoms with Gasteiger partial charge in [-0.2, -0.15) is 0 Å². The standard InChI is InChI=1S/C16H13ClFNO4/c1-9-3-2-4-11(15(9)21)16(22)23-8-14(20)19-13-6-5-10(17)7-12(13)18/h2-7,21H,8H2,1H3,(H,19,20). The minimum absolute atomic E-state index is 0.0459. The van der Waals surface area contributed by atoms with Crippen LogP contribution in [-0.2, 0) is 9.53 Å². The number of ether oxygens (including phenoxy) is 1. The Morgan fingerprint density at radius 3 is 2.74 bits per heavy atom. The van der Waals surface area contributed by atoms with E-state index in [0.717, 1.165) is 6.07 Å². The Bertz CT molecular complexity index is 764. The number of halogens is 2. The van der Waals surface area contributed by atoms with E-state index in [1.807, 2.05) is 0 Å².